The van der Waals surface area contributed by atoms with Crippen LogP contribution >= 0.6 is 15.9 Å². The molecule has 0 bridgehead atoms. The van der Waals surface area contributed by atoms with Crippen LogP contribution in [0.4, 0.5) is 0 Å². The maximum atomic E-state index is 5.25. The predicted octanol–water partition coefficient (Wildman–Crippen LogP) is 3.77. The summed E-state index contributed by atoms with van der Waals surface area (Å²) in [6, 6.07) is 6.52. The third kappa shape index (κ3) is 4.32. The fourth-order valence-corrected chi connectivity index (χ4v) is 2.85. The van der Waals surface area contributed by atoms with E-state index in [1.807, 2.05) is 12.3 Å². The zero-order valence-corrected chi connectivity index (χ0v) is 14.3. The van der Waals surface area contributed by atoms with E-state index in [0.29, 0.717) is 6.04 Å². The van der Waals surface area contributed by atoms with Gasteiger partial charge in [0.15, 0.2) is 0 Å². The van der Waals surface area contributed by atoms with Crippen LogP contribution in [-0.4, -0.2) is 23.9 Å². The topological polar surface area (TPSA) is 49.9 Å². The molecule has 0 aliphatic heterocycles. The molecule has 1 aromatic heterocycles. The number of nitrogens with zero attached hydrogens (tertiary/aromatic N) is 1. The number of aromatic amines is 1. The minimum atomic E-state index is 0.317. The van der Waals surface area contributed by atoms with Crippen LogP contribution in [0.1, 0.15) is 36.2 Å². The normalized spacial score (nSPS) is 12.4. The van der Waals surface area contributed by atoms with Crippen molar-refractivity contribution in [1.82, 2.24) is 15.5 Å². The van der Waals surface area contributed by atoms with E-state index in [9.17, 15) is 0 Å². The molecule has 1 atom stereocenters. The molecule has 0 aliphatic carbocycles. The fourth-order valence-electron chi connectivity index (χ4n) is 2.29. The smallest absolute Gasteiger partial charge is 0.133 e. The van der Waals surface area contributed by atoms with Crippen LogP contribution in [0, 0.1) is 6.92 Å². The Balaban J connectivity index is 1.80. The SMILES string of the molecule is COc1ccc(C(C)NCCCc2cn[nH]c2C)cc1Br. The molecule has 0 spiro atoms. The Kier molecular flexibility index (Phi) is 5.82. The molecule has 21 heavy (non-hydrogen) atoms. The van der Waals surface area contributed by atoms with Crippen LogP contribution in [0.15, 0.2) is 28.9 Å². The molecule has 0 fully saturated rings. The van der Waals surface area contributed by atoms with Gasteiger partial charge in [-0.05, 0) is 72.4 Å². The number of H-pyrrole nitrogens is 1. The van der Waals surface area contributed by atoms with Crippen molar-refractivity contribution >= 4 is 15.9 Å². The number of nitrogens with one attached hydrogen (secondary N) is 2. The summed E-state index contributed by atoms with van der Waals surface area (Å²) in [5.74, 6) is 0.862. The molecule has 2 N–H and O–H groups in total. The highest BCUT2D eigenvalue weighted by molar-refractivity contribution is 9.10. The van der Waals surface area contributed by atoms with E-state index in [1.54, 1.807) is 7.11 Å². The van der Waals surface area contributed by atoms with Crippen molar-refractivity contribution in [1.29, 1.82) is 0 Å². The molecule has 0 saturated heterocycles. The number of aryl methyl sites for hydroxylation is 2. The molecule has 0 aliphatic rings. The quantitative estimate of drug-likeness (QED) is 0.746. The summed E-state index contributed by atoms with van der Waals surface area (Å²) in [5.41, 5.74) is 3.72. The van der Waals surface area contributed by atoms with Gasteiger partial charge in [0.25, 0.3) is 0 Å². The average molecular weight is 352 g/mol. The summed E-state index contributed by atoms with van der Waals surface area (Å²) >= 11 is 3.53. The largest absolute Gasteiger partial charge is 0.496 e. The van der Waals surface area contributed by atoms with Crippen molar-refractivity contribution in [2.24, 2.45) is 0 Å². The first-order chi connectivity index (χ1) is 10.1. The standard InChI is InChI=1S/C16H22BrN3O/c1-11(13-6-7-16(21-3)15(17)9-13)18-8-4-5-14-10-19-20-12(14)2/h6-7,9-11,18H,4-5,8H2,1-3H3,(H,19,20). The highest BCUT2D eigenvalue weighted by Crippen LogP contribution is 2.27. The molecule has 114 valence electrons. The zero-order chi connectivity index (χ0) is 15.2. The average Bonchev–Trinajstić information content (AvgIpc) is 2.88. The van der Waals surface area contributed by atoms with Gasteiger partial charge < -0.3 is 10.1 Å². The van der Waals surface area contributed by atoms with Gasteiger partial charge in [-0.3, -0.25) is 5.10 Å². The molecule has 5 heteroatoms. The number of halogens is 1. The second kappa shape index (κ2) is 7.61. The second-order valence-corrected chi connectivity index (χ2v) is 6.05. The van der Waals surface area contributed by atoms with E-state index < -0.39 is 0 Å². The number of benzene rings is 1. The molecule has 1 heterocycles. The van der Waals surface area contributed by atoms with Crippen molar-refractivity contribution in [2.75, 3.05) is 13.7 Å². The fraction of sp³-hybridized carbons (Fsp3) is 0.438. The van der Waals surface area contributed by atoms with Crippen LogP contribution in [0.2, 0.25) is 0 Å². The first kappa shape index (κ1) is 16.0. The van der Waals surface area contributed by atoms with E-state index in [1.165, 1.54) is 16.8 Å². The summed E-state index contributed by atoms with van der Waals surface area (Å²) in [4.78, 5) is 0. The lowest BCUT2D eigenvalue weighted by molar-refractivity contribution is 0.411. The number of methoxy groups -OCH3 is 1. The number of rotatable bonds is 7. The van der Waals surface area contributed by atoms with Crippen LogP contribution in [0.25, 0.3) is 0 Å². The lowest BCUT2D eigenvalue weighted by Gasteiger charge is -2.15. The molecular formula is C16H22BrN3O. The maximum absolute atomic E-state index is 5.25. The van der Waals surface area contributed by atoms with Crippen LogP contribution in [0.5, 0.6) is 5.75 Å². The van der Waals surface area contributed by atoms with Gasteiger partial charge in [0.05, 0.1) is 17.8 Å². The van der Waals surface area contributed by atoms with Crippen molar-refractivity contribution in [3.63, 3.8) is 0 Å². The molecule has 0 radical (unpaired) electrons. The molecule has 0 saturated carbocycles. The number of hydrogen-bond acceptors (Lipinski definition) is 3. The lowest BCUT2D eigenvalue weighted by atomic mass is 10.1. The van der Waals surface area contributed by atoms with Gasteiger partial charge in [-0.1, -0.05) is 6.07 Å². The van der Waals surface area contributed by atoms with Crippen LogP contribution in [-0.2, 0) is 6.42 Å². The molecular weight excluding hydrogens is 330 g/mol. The first-order valence-corrected chi connectivity index (χ1v) is 7.96. The van der Waals surface area contributed by atoms with E-state index >= 15 is 0 Å². The Bertz CT molecular complexity index is 583. The zero-order valence-electron chi connectivity index (χ0n) is 12.7. The molecule has 0 amide bonds. The Hall–Kier alpha value is -1.33. The summed E-state index contributed by atoms with van der Waals surface area (Å²) < 4.78 is 6.25. The highest BCUT2D eigenvalue weighted by atomic mass is 79.9. The summed E-state index contributed by atoms with van der Waals surface area (Å²) in [6.45, 7) is 5.22. The van der Waals surface area contributed by atoms with Crippen LogP contribution < -0.4 is 10.1 Å². The van der Waals surface area contributed by atoms with Gasteiger partial charge >= 0.3 is 0 Å². The first-order valence-electron chi connectivity index (χ1n) is 7.17. The van der Waals surface area contributed by atoms with Gasteiger partial charge in [-0.25, -0.2) is 0 Å². The molecule has 4 nitrogen and oxygen atoms in total. The van der Waals surface area contributed by atoms with Gasteiger partial charge in [0.2, 0.25) is 0 Å². The van der Waals surface area contributed by atoms with Gasteiger partial charge in [-0.15, -0.1) is 0 Å². The lowest BCUT2D eigenvalue weighted by Crippen LogP contribution is -2.20. The number of aromatic nitrogens is 2. The summed E-state index contributed by atoms with van der Waals surface area (Å²) in [6.07, 6.45) is 4.07. The van der Waals surface area contributed by atoms with Crippen molar-refractivity contribution < 1.29 is 4.74 Å². The Labute approximate surface area is 134 Å². The summed E-state index contributed by atoms with van der Waals surface area (Å²) in [7, 11) is 1.68. The molecule has 1 unspecified atom stereocenters. The molecule has 2 aromatic rings. The highest BCUT2D eigenvalue weighted by Gasteiger charge is 2.08. The van der Waals surface area contributed by atoms with Gasteiger partial charge in [0, 0.05) is 11.7 Å². The third-order valence-corrected chi connectivity index (χ3v) is 4.30. The van der Waals surface area contributed by atoms with E-state index in [0.717, 1.165) is 29.6 Å². The van der Waals surface area contributed by atoms with Gasteiger partial charge in [0.1, 0.15) is 5.75 Å². The number of ether oxygens (including phenoxy) is 1. The van der Waals surface area contributed by atoms with E-state index in [-0.39, 0.29) is 0 Å². The van der Waals surface area contributed by atoms with Crippen molar-refractivity contribution in [3.05, 3.63) is 45.7 Å². The predicted molar refractivity (Wildman–Crippen MR) is 88.8 cm³/mol. The monoisotopic (exact) mass is 351 g/mol. The number of hydrogen-bond donors (Lipinski definition) is 2. The van der Waals surface area contributed by atoms with Crippen molar-refractivity contribution in [2.45, 2.75) is 32.7 Å². The molecule has 2 rings (SSSR count). The maximum Gasteiger partial charge on any atom is 0.133 e. The molecule has 1 aromatic carbocycles. The van der Waals surface area contributed by atoms with Gasteiger partial charge in [-0.2, -0.15) is 5.10 Å². The summed E-state index contributed by atoms with van der Waals surface area (Å²) in [5, 5.41) is 10.6. The minimum absolute atomic E-state index is 0.317. The Morgan fingerprint density at radius 3 is 2.86 bits per heavy atom. The van der Waals surface area contributed by atoms with E-state index in [2.05, 4.69) is 57.4 Å². The van der Waals surface area contributed by atoms with Crippen LogP contribution in [0.3, 0.4) is 0 Å². The minimum Gasteiger partial charge on any atom is -0.496 e. The Morgan fingerprint density at radius 1 is 1.43 bits per heavy atom. The van der Waals surface area contributed by atoms with E-state index in [4.69, 9.17) is 4.74 Å². The van der Waals surface area contributed by atoms with Crippen molar-refractivity contribution in [3.8, 4) is 5.75 Å². The Morgan fingerprint density at radius 2 is 2.24 bits per heavy atom. The third-order valence-electron chi connectivity index (χ3n) is 3.68. The second-order valence-electron chi connectivity index (χ2n) is 5.19.